The zero-order valence-corrected chi connectivity index (χ0v) is 10.7. The molecular formula is C12H24N2O3. The van der Waals surface area contributed by atoms with Crippen LogP contribution in [0.25, 0.3) is 0 Å². The third kappa shape index (κ3) is 5.02. The second-order valence-corrected chi connectivity index (χ2v) is 4.75. The van der Waals surface area contributed by atoms with Crippen LogP contribution in [0.3, 0.4) is 0 Å². The molecule has 0 aliphatic carbocycles. The number of aliphatic hydroxyl groups excluding tert-OH is 1. The van der Waals surface area contributed by atoms with E-state index in [9.17, 15) is 4.79 Å². The molecule has 1 aliphatic rings. The number of hydrogen-bond donors (Lipinski definition) is 3. The largest absolute Gasteiger partial charge is 0.394 e. The zero-order valence-electron chi connectivity index (χ0n) is 10.7. The molecule has 1 heterocycles. The molecule has 3 N–H and O–H groups in total. The summed E-state index contributed by atoms with van der Waals surface area (Å²) >= 11 is 0. The summed E-state index contributed by atoms with van der Waals surface area (Å²) in [6.45, 7) is 3.50. The maximum Gasteiger partial charge on any atom is 0.223 e. The van der Waals surface area contributed by atoms with E-state index in [-0.39, 0.29) is 24.5 Å². The summed E-state index contributed by atoms with van der Waals surface area (Å²) in [6, 6.07) is 0.207. The first-order valence-electron chi connectivity index (χ1n) is 6.31. The number of piperidine rings is 1. The van der Waals surface area contributed by atoms with Gasteiger partial charge >= 0.3 is 0 Å². The first-order valence-corrected chi connectivity index (χ1v) is 6.31. The number of ether oxygens (including phenoxy) is 1. The third-order valence-corrected chi connectivity index (χ3v) is 3.23. The van der Waals surface area contributed by atoms with Crippen LogP contribution in [-0.4, -0.2) is 50.0 Å². The van der Waals surface area contributed by atoms with E-state index in [1.165, 1.54) is 0 Å². The van der Waals surface area contributed by atoms with Crippen molar-refractivity contribution in [2.24, 2.45) is 5.92 Å². The Bertz CT molecular complexity index is 236. The van der Waals surface area contributed by atoms with Crippen LogP contribution in [0.1, 0.15) is 26.2 Å². The molecule has 1 saturated heterocycles. The molecule has 0 spiro atoms. The van der Waals surface area contributed by atoms with Crippen molar-refractivity contribution in [3.05, 3.63) is 0 Å². The van der Waals surface area contributed by atoms with Crippen molar-refractivity contribution in [1.29, 1.82) is 0 Å². The first-order chi connectivity index (χ1) is 8.17. The Hall–Kier alpha value is -0.650. The fraction of sp³-hybridized carbons (Fsp3) is 0.917. The van der Waals surface area contributed by atoms with Crippen molar-refractivity contribution in [2.75, 3.05) is 26.9 Å². The third-order valence-electron chi connectivity index (χ3n) is 3.23. The lowest BCUT2D eigenvalue weighted by Gasteiger charge is -2.28. The predicted octanol–water partition coefficient (Wildman–Crippen LogP) is -0.112. The lowest BCUT2D eigenvalue weighted by molar-refractivity contribution is -0.127. The van der Waals surface area contributed by atoms with E-state index in [1.807, 2.05) is 0 Å². The monoisotopic (exact) mass is 244 g/mol. The molecule has 3 atom stereocenters. The van der Waals surface area contributed by atoms with Crippen molar-refractivity contribution < 1.29 is 14.6 Å². The molecule has 5 heteroatoms. The second-order valence-electron chi connectivity index (χ2n) is 4.75. The Balaban J connectivity index is 2.35. The van der Waals surface area contributed by atoms with E-state index in [4.69, 9.17) is 9.84 Å². The quantitative estimate of drug-likeness (QED) is 0.609. The average molecular weight is 244 g/mol. The highest BCUT2D eigenvalue weighted by Crippen LogP contribution is 2.16. The van der Waals surface area contributed by atoms with Crippen LogP contribution in [0.2, 0.25) is 0 Å². The Morgan fingerprint density at radius 1 is 1.65 bits per heavy atom. The maximum absolute atomic E-state index is 12.0. The number of carbonyl (C=O) groups excluding carboxylic acids is 1. The van der Waals surface area contributed by atoms with E-state index < -0.39 is 0 Å². The molecule has 0 saturated carbocycles. The molecule has 100 valence electrons. The van der Waals surface area contributed by atoms with Crippen molar-refractivity contribution in [1.82, 2.24) is 10.6 Å². The Labute approximate surface area is 103 Å². The Morgan fingerprint density at radius 3 is 3.00 bits per heavy atom. The van der Waals surface area contributed by atoms with Crippen LogP contribution < -0.4 is 10.6 Å². The van der Waals surface area contributed by atoms with E-state index in [0.29, 0.717) is 19.1 Å². The number of amides is 1. The summed E-state index contributed by atoms with van der Waals surface area (Å²) < 4.78 is 4.95. The first kappa shape index (κ1) is 14.4. The van der Waals surface area contributed by atoms with Crippen molar-refractivity contribution >= 4 is 5.91 Å². The average Bonchev–Trinajstić information content (AvgIpc) is 2.34. The van der Waals surface area contributed by atoms with Crippen LogP contribution in [-0.2, 0) is 9.53 Å². The number of methoxy groups -OCH3 is 1. The predicted molar refractivity (Wildman–Crippen MR) is 65.7 cm³/mol. The van der Waals surface area contributed by atoms with Gasteiger partial charge in [0.2, 0.25) is 5.91 Å². The fourth-order valence-corrected chi connectivity index (χ4v) is 2.16. The molecule has 0 bridgehead atoms. The van der Waals surface area contributed by atoms with E-state index in [2.05, 4.69) is 17.6 Å². The van der Waals surface area contributed by atoms with Crippen molar-refractivity contribution in [2.45, 2.75) is 38.3 Å². The lowest BCUT2D eigenvalue weighted by atomic mass is 9.92. The summed E-state index contributed by atoms with van der Waals surface area (Å²) in [7, 11) is 1.62. The maximum atomic E-state index is 12.0. The highest BCUT2D eigenvalue weighted by molar-refractivity contribution is 5.79. The molecule has 0 aromatic rings. The molecule has 0 aromatic carbocycles. The van der Waals surface area contributed by atoms with Crippen LogP contribution in [0.15, 0.2) is 0 Å². The molecule has 1 aliphatic heterocycles. The number of rotatable bonds is 6. The Morgan fingerprint density at radius 2 is 2.41 bits per heavy atom. The number of carbonyl (C=O) groups is 1. The minimum absolute atomic E-state index is 0.0321. The molecule has 3 unspecified atom stereocenters. The van der Waals surface area contributed by atoms with Crippen LogP contribution in [0, 0.1) is 5.92 Å². The van der Waals surface area contributed by atoms with Gasteiger partial charge in [0.1, 0.15) is 0 Å². The van der Waals surface area contributed by atoms with Gasteiger partial charge in [0.15, 0.2) is 0 Å². The van der Waals surface area contributed by atoms with Gasteiger partial charge in [-0.1, -0.05) is 0 Å². The number of nitrogens with one attached hydrogen (secondary N) is 2. The fourth-order valence-electron chi connectivity index (χ4n) is 2.16. The van der Waals surface area contributed by atoms with Gasteiger partial charge in [-0.05, 0) is 32.7 Å². The smallest absolute Gasteiger partial charge is 0.223 e. The summed E-state index contributed by atoms with van der Waals surface area (Å²) in [5.74, 6) is 0.136. The van der Waals surface area contributed by atoms with Gasteiger partial charge in [-0.3, -0.25) is 4.79 Å². The topological polar surface area (TPSA) is 70.6 Å². The van der Waals surface area contributed by atoms with E-state index in [1.54, 1.807) is 7.11 Å². The van der Waals surface area contributed by atoms with E-state index >= 15 is 0 Å². The second kappa shape index (κ2) is 7.63. The van der Waals surface area contributed by atoms with Gasteiger partial charge in [-0.15, -0.1) is 0 Å². The zero-order chi connectivity index (χ0) is 12.7. The van der Waals surface area contributed by atoms with Gasteiger partial charge in [-0.2, -0.15) is 0 Å². The normalized spacial score (nSPS) is 26.5. The number of aliphatic hydroxyl groups is 1. The highest BCUT2D eigenvalue weighted by Gasteiger charge is 2.25. The highest BCUT2D eigenvalue weighted by atomic mass is 16.5. The van der Waals surface area contributed by atoms with Crippen molar-refractivity contribution in [3.63, 3.8) is 0 Å². The van der Waals surface area contributed by atoms with Crippen LogP contribution >= 0.6 is 0 Å². The minimum Gasteiger partial charge on any atom is -0.394 e. The number of hydrogen-bond acceptors (Lipinski definition) is 4. The summed E-state index contributed by atoms with van der Waals surface area (Å²) in [4.78, 5) is 12.0. The molecule has 5 nitrogen and oxygen atoms in total. The summed E-state index contributed by atoms with van der Waals surface area (Å²) in [5, 5.41) is 15.4. The van der Waals surface area contributed by atoms with Gasteiger partial charge in [0, 0.05) is 25.7 Å². The van der Waals surface area contributed by atoms with Gasteiger partial charge in [0.05, 0.1) is 12.6 Å². The van der Waals surface area contributed by atoms with Crippen molar-refractivity contribution in [3.8, 4) is 0 Å². The van der Waals surface area contributed by atoms with Crippen LogP contribution in [0.4, 0.5) is 0 Å². The van der Waals surface area contributed by atoms with Crippen LogP contribution in [0.5, 0.6) is 0 Å². The molecular weight excluding hydrogens is 220 g/mol. The molecule has 1 fully saturated rings. The lowest BCUT2D eigenvalue weighted by Crippen LogP contribution is -2.46. The molecule has 0 radical (unpaired) electrons. The van der Waals surface area contributed by atoms with Gasteiger partial charge < -0.3 is 20.5 Å². The molecule has 1 rings (SSSR count). The SMILES string of the molecule is COCCC(CO)NC(=O)C1CCNC(C)C1. The van der Waals surface area contributed by atoms with Gasteiger partial charge in [0.25, 0.3) is 0 Å². The molecule has 17 heavy (non-hydrogen) atoms. The summed E-state index contributed by atoms with van der Waals surface area (Å²) in [5.41, 5.74) is 0. The standard InChI is InChI=1S/C12H24N2O3/c1-9-7-10(3-5-13-9)12(16)14-11(8-15)4-6-17-2/h9-11,13,15H,3-8H2,1-2H3,(H,14,16). The Kier molecular flexibility index (Phi) is 6.47. The summed E-state index contributed by atoms with van der Waals surface area (Å²) in [6.07, 6.45) is 2.39. The van der Waals surface area contributed by atoms with Gasteiger partial charge in [-0.25, -0.2) is 0 Å². The van der Waals surface area contributed by atoms with E-state index in [0.717, 1.165) is 19.4 Å². The molecule has 0 aromatic heterocycles. The minimum atomic E-state index is -0.187. The molecule has 1 amide bonds.